The van der Waals surface area contributed by atoms with Crippen LogP contribution in [0.2, 0.25) is 0 Å². The van der Waals surface area contributed by atoms with E-state index in [0.717, 1.165) is 36.0 Å². The minimum absolute atomic E-state index is 0. The second-order valence-electron chi connectivity index (χ2n) is 9.33. The molecule has 0 heterocycles. The van der Waals surface area contributed by atoms with Crippen LogP contribution in [0.5, 0.6) is 5.75 Å². The standard InChI is InChI=1S/C23H34O5.C14H18O3.3H2O/c1-3-21(9-7-13-24)11-12-22-8-6-10-23(20-22)28-15-5-4-14-26-18-19-27-17-16-25-2;1-3-14(17)8-6-4-5-7-13(9-10-15)11-12(2)16;;;/h3,6-12,20,24H,4-5,13-19H2,1-2H3;3-7,9-11,14-17H,1-2,8H2;3*1H2/b9-7-,12-11+,21-3+;6-4+,7-5+,10-9+,13-11-;;;. The van der Waals surface area contributed by atoms with Gasteiger partial charge in [0, 0.05) is 13.7 Å². The van der Waals surface area contributed by atoms with E-state index >= 15 is 0 Å². The van der Waals surface area contributed by atoms with Crippen LogP contribution < -0.4 is 4.74 Å². The number of unbranched alkanes of at least 4 members (excludes halogenated alkanes) is 1. The lowest BCUT2D eigenvalue weighted by Gasteiger charge is -2.08. The third-order valence-corrected chi connectivity index (χ3v) is 5.62. The maximum atomic E-state index is 9.18. The molecule has 0 aliphatic rings. The van der Waals surface area contributed by atoms with E-state index in [2.05, 4.69) is 13.2 Å². The molecule has 1 aromatic rings. The second-order valence-corrected chi connectivity index (χ2v) is 9.33. The van der Waals surface area contributed by atoms with Crippen LogP contribution in [0.4, 0.5) is 0 Å². The molecule has 0 spiro atoms. The SMILES string of the molecule is C/C=C(\C=C/CO)/C=C/c1cccc(OCCCCOCCOCCOC)c1.C=CC(O)C/C=C/C=C/C(=C/C(=C)O)/C=C/O.O.O.O. The predicted octanol–water partition coefficient (Wildman–Crippen LogP) is 4.66. The van der Waals surface area contributed by atoms with Gasteiger partial charge in [-0.3, -0.25) is 0 Å². The molecule has 0 aromatic heterocycles. The number of hydrogen-bond acceptors (Lipinski definition) is 8. The van der Waals surface area contributed by atoms with Crippen molar-refractivity contribution in [1.29, 1.82) is 0 Å². The number of ether oxygens (including phenoxy) is 4. The summed E-state index contributed by atoms with van der Waals surface area (Å²) in [5, 5.41) is 35.6. The molecular weight excluding hydrogens is 620 g/mol. The highest BCUT2D eigenvalue weighted by Gasteiger charge is 1.97. The van der Waals surface area contributed by atoms with Gasteiger partial charge in [-0.05, 0) is 67.2 Å². The molecule has 11 heteroatoms. The molecule has 48 heavy (non-hydrogen) atoms. The lowest BCUT2D eigenvalue weighted by molar-refractivity contribution is 0.0235. The first kappa shape index (κ1) is 50.8. The van der Waals surface area contributed by atoms with Crippen molar-refractivity contribution in [2.24, 2.45) is 0 Å². The Morgan fingerprint density at radius 3 is 2.19 bits per heavy atom. The Bertz CT molecular complexity index is 1130. The Morgan fingerprint density at radius 1 is 0.875 bits per heavy atom. The van der Waals surface area contributed by atoms with Gasteiger partial charge in [0.25, 0.3) is 0 Å². The molecule has 0 amide bonds. The van der Waals surface area contributed by atoms with Crippen molar-refractivity contribution in [3.8, 4) is 5.75 Å². The Balaban J connectivity index is -0.000000422. The van der Waals surface area contributed by atoms with E-state index in [1.54, 1.807) is 37.5 Å². The van der Waals surface area contributed by atoms with E-state index in [-0.39, 0.29) is 28.8 Å². The molecule has 0 aliphatic heterocycles. The first-order valence-electron chi connectivity index (χ1n) is 14.9. The number of hydrogen-bond donors (Lipinski definition) is 4. The van der Waals surface area contributed by atoms with Crippen molar-refractivity contribution in [2.45, 2.75) is 32.3 Å². The summed E-state index contributed by atoms with van der Waals surface area (Å²) in [5.74, 6) is 0.774. The molecule has 0 aliphatic carbocycles. The maximum absolute atomic E-state index is 9.18. The maximum Gasteiger partial charge on any atom is 0.119 e. The van der Waals surface area contributed by atoms with Crippen LogP contribution in [-0.2, 0) is 14.2 Å². The van der Waals surface area contributed by atoms with Crippen molar-refractivity contribution >= 4 is 6.08 Å². The van der Waals surface area contributed by atoms with E-state index < -0.39 is 6.10 Å². The van der Waals surface area contributed by atoms with E-state index in [1.807, 2.05) is 55.5 Å². The largest absolute Gasteiger partial charge is 0.516 e. The number of aliphatic hydroxyl groups is 4. The fourth-order valence-electron chi connectivity index (χ4n) is 3.29. The Labute approximate surface area is 286 Å². The third kappa shape index (κ3) is 31.9. The van der Waals surface area contributed by atoms with Crippen LogP contribution in [0.15, 0.2) is 127 Å². The van der Waals surface area contributed by atoms with Crippen LogP contribution in [0, 0.1) is 0 Å². The van der Waals surface area contributed by atoms with Gasteiger partial charge in [0.15, 0.2) is 0 Å². The quantitative estimate of drug-likeness (QED) is 0.0551. The zero-order valence-electron chi connectivity index (χ0n) is 28.3. The lowest BCUT2D eigenvalue weighted by Crippen LogP contribution is -2.09. The Morgan fingerprint density at radius 2 is 1.56 bits per heavy atom. The smallest absolute Gasteiger partial charge is 0.119 e. The minimum atomic E-state index is -0.538. The van der Waals surface area contributed by atoms with Crippen molar-refractivity contribution in [3.05, 3.63) is 133 Å². The number of methoxy groups -OCH3 is 1. The molecule has 0 radical (unpaired) electrons. The lowest BCUT2D eigenvalue weighted by atomic mass is 10.1. The number of benzene rings is 1. The highest BCUT2D eigenvalue weighted by molar-refractivity contribution is 5.56. The van der Waals surface area contributed by atoms with Gasteiger partial charge < -0.3 is 55.8 Å². The van der Waals surface area contributed by atoms with Gasteiger partial charge in [0.05, 0.1) is 52.0 Å². The molecule has 272 valence electrons. The molecule has 0 saturated heterocycles. The highest BCUT2D eigenvalue weighted by Crippen LogP contribution is 2.16. The van der Waals surface area contributed by atoms with Crippen molar-refractivity contribution < 1.29 is 55.8 Å². The first-order chi connectivity index (χ1) is 21.9. The molecule has 0 fully saturated rings. The van der Waals surface area contributed by atoms with Crippen LogP contribution in [0.25, 0.3) is 6.08 Å². The zero-order chi connectivity index (χ0) is 33.4. The molecular formula is C37H58O11. The summed E-state index contributed by atoms with van der Waals surface area (Å²) < 4.78 is 21.6. The van der Waals surface area contributed by atoms with Gasteiger partial charge >= 0.3 is 0 Å². The molecule has 11 nitrogen and oxygen atoms in total. The number of allylic oxidation sites excluding steroid dienone is 10. The van der Waals surface area contributed by atoms with Crippen molar-refractivity contribution in [3.63, 3.8) is 0 Å². The number of aliphatic hydroxyl groups excluding tert-OH is 4. The molecule has 10 N–H and O–H groups in total. The highest BCUT2D eigenvalue weighted by atomic mass is 16.5. The Hall–Kier alpha value is -4.04. The van der Waals surface area contributed by atoms with E-state index in [0.29, 0.717) is 51.6 Å². The normalized spacial score (nSPS) is 12.4. The topological polar surface area (TPSA) is 212 Å². The van der Waals surface area contributed by atoms with E-state index in [1.165, 1.54) is 18.2 Å². The van der Waals surface area contributed by atoms with E-state index in [9.17, 15) is 5.11 Å². The minimum Gasteiger partial charge on any atom is -0.516 e. The molecule has 1 rings (SSSR count). The second kappa shape index (κ2) is 37.4. The van der Waals surface area contributed by atoms with Crippen LogP contribution in [0.1, 0.15) is 31.7 Å². The molecule has 1 atom stereocenters. The Kier molecular flexibility index (Phi) is 39.6. The molecule has 1 unspecified atom stereocenters. The van der Waals surface area contributed by atoms with Gasteiger partial charge in [-0.2, -0.15) is 0 Å². The summed E-state index contributed by atoms with van der Waals surface area (Å²) in [6, 6.07) is 8.01. The molecule has 1 aromatic carbocycles. The van der Waals surface area contributed by atoms with Gasteiger partial charge in [0.2, 0.25) is 0 Å². The monoisotopic (exact) mass is 678 g/mol. The van der Waals surface area contributed by atoms with Crippen LogP contribution in [-0.4, -0.2) is 96.3 Å². The molecule has 0 bridgehead atoms. The summed E-state index contributed by atoms with van der Waals surface area (Å²) >= 11 is 0. The van der Waals surface area contributed by atoms with Gasteiger partial charge in [0.1, 0.15) is 11.5 Å². The first-order valence-corrected chi connectivity index (χ1v) is 14.9. The zero-order valence-corrected chi connectivity index (χ0v) is 28.3. The summed E-state index contributed by atoms with van der Waals surface area (Å²) in [6.07, 6.45) is 23.7. The van der Waals surface area contributed by atoms with Crippen LogP contribution in [0.3, 0.4) is 0 Å². The molecule has 0 saturated carbocycles. The fraction of sp³-hybridized carbons (Fsp3) is 0.351. The van der Waals surface area contributed by atoms with Gasteiger partial charge in [-0.25, -0.2) is 0 Å². The van der Waals surface area contributed by atoms with E-state index in [4.69, 9.17) is 34.3 Å². The summed E-state index contributed by atoms with van der Waals surface area (Å²) in [5.41, 5.74) is 2.73. The third-order valence-electron chi connectivity index (χ3n) is 5.62. The fourth-order valence-corrected chi connectivity index (χ4v) is 3.29. The summed E-state index contributed by atoms with van der Waals surface area (Å²) in [6.45, 7) is 12.6. The predicted molar refractivity (Wildman–Crippen MR) is 195 cm³/mol. The summed E-state index contributed by atoms with van der Waals surface area (Å²) in [4.78, 5) is 0. The number of rotatable bonds is 23. The van der Waals surface area contributed by atoms with Crippen molar-refractivity contribution in [1.82, 2.24) is 0 Å². The average molecular weight is 679 g/mol. The average Bonchev–Trinajstić information content (AvgIpc) is 3.03. The van der Waals surface area contributed by atoms with Gasteiger partial charge in [-0.15, -0.1) is 6.58 Å². The van der Waals surface area contributed by atoms with Gasteiger partial charge in [-0.1, -0.05) is 79.5 Å². The van der Waals surface area contributed by atoms with Crippen molar-refractivity contribution in [2.75, 3.05) is 53.4 Å². The van der Waals surface area contributed by atoms with Crippen LogP contribution >= 0.6 is 0 Å². The summed E-state index contributed by atoms with van der Waals surface area (Å²) in [7, 11) is 1.66.